The Balaban J connectivity index is 2.54. The number of pyridine rings is 1. The molecule has 0 N–H and O–H groups in total. The molecule has 2 heterocycles. The van der Waals surface area contributed by atoms with E-state index in [1.807, 2.05) is 25.1 Å². The van der Waals surface area contributed by atoms with Gasteiger partial charge in [-0.3, -0.25) is 4.79 Å². The van der Waals surface area contributed by atoms with Gasteiger partial charge < -0.3 is 9.80 Å². The number of hydrogen-bond acceptors (Lipinski definition) is 3. The second-order valence-corrected chi connectivity index (χ2v) is 4.33. The lowest BCUT2D eigenvalue weighted by molar-refractivity contribution is -0.114. The lowest BCUT2D eigenvalue weighted by atomic mass is 10.0. The van der Waals surface area contributed by atoms with Crippen molar-refractivity contribution < 1.29 is 4.79 Å². The molecule has 0 radical (unpaired) electrons. The van der Waals surface area contributed by atoms with Crippen LogP contribution in [0.25, 0.3) is 0 Å². The van der Waals surface area contributed by atoms with Gasteiger partial charge in [0.1, 0.15) is 0 Å². The van der Waals surface area contributed by atoms with Crippen molar-refractivity contribution in [2.75, 3.05) is 30.4 Å². The van der Waals surface area contributed by atoms with Crippen LogP contribution in [-0.2, 0) is 11.2 Å². The Kier molecular flexibility index (Phi) is 3.13. The molecule has 0 saturated carbocycles. The van der Waals surface area contributed by atoms with E-state index >= 15 is 0 Å². The number of rotatable bonds is 2. The van der Waals surface area contributed by atoms with Gasteiger partial charge in [-0.1, -0.05) is 6.58 Å². The lowest BCUT2D eigenvalue weighted by Crippen LogP contribution is -2.35. The first-order valence-electron chi connectivity index (χ1n) is 5.74. The summed E-state index contributed by atoms with van der Waals surface area (Å²) in [6.45, 7) is 4.30. The third-order valence-electron chi connectivity index (χ3n) is 2.95. The van der Waals surface area contributed by atoms with Crippen LogP contribution in [-0.4, -0.2) is 31.5 Å². The predicted octanol–water partition coefficient (Wildman–Crippen LogP) is 1.61. The zero-order valence-corrected chi connectivity index (χ0v) is 10.3. The van der Waals surface area contributed by atoms with E-state index in [-0.39, 0.29) is 5.91 Å². The minimum atomic E-state index is -0.0537. The Morgan fingerprint density at radius 2 is 2.35 bits per heavy atom. The molecule has 1 aliphatic rings. The second kappa shape index (κ2) is 4.57. The molecule has 4 nitrogen and oxygen atoms in total. The van der Waals surface area contributed by atoms with Gasteiger partial charge in [0, 0.05) is 26.8 Å². The summed E-state index contributed by atoms with van der Waals surface area (Å²) in [5, 5.41) is 0. The van der Waals surface area contributed by atoms with Crippen LogP contribution in [0.4, 0.5) is 11.5 Å². The first kappa shape index (κ1) is 11.6. The molecule has 0 aromatic carbocycles. The fourth-order valence-corrected chi connectivity index (χ4v) is 2.17. The maximum atomic E-state index is 11.9. The first-order valence-corrected chi connectivity index (χ1v) is 5.74. The maximum absolute atomic E-state index is 11.9. The summed E-state index contributed by atoms with van der Waals surface area (Å²) >= 11 is 0. The Morgan fingerprint density at radius 1 is 1.59 bits per heavy atom. The molecule has 1 aromatic rings. The minimum absolute atomic E-state index is 0.0537. The van der Waals surface area contributed by atoms with Crippen LogP contribution in [0.2, 0.25) is 0 Å². The van der Waals surface area contributed by atoms with Crippen LogP contribution in [0.15, 0.2) is 24.9 Å². The molecular weight excluding hydrogens is 214 g/mol. The third-order valence-corrected chi connectivity index (χ3v) is 2.95. The number of hydrogen-bond donors (Lipinski definition) is 0. The SMILES string of the molecule is C=CC(=O)N1CCCc2ccnc(N(C)C)c21. The molecule has 1 aromatic heterocycles. The molecule has 2 rings (SSSR count). The highest BCUT2D eigenvalue weighted by Gasteiger charge is 2.25. The van der Waals surface area contributed by atoms with Gasteiger partial charge in [-0.2, -0.15) is 0 Å². The van der Waals surface area contributed by atoms with Gasteiger partial charge in [0.25, 0.3) is 0 Å². The lowest BCUT2D eigenvalue weighted by Gasteiger charge is -2.31. The van der Waals surface area contributed by atoms with Crippen molar-refractivity contribution in [3.63, 3.8) is 0 Å². The van der Waals surface area contributed by atoms with Crippen molar-refractivity contribution in [3.05, 3.63) is 30.5 Å². The molecule has 0 atom stereocenters. The molecule has 0 spiro atoms. The second-order valence-electron chi connectivity index (χ2n) is 4.33. The summed E-state index contributed by atoms with van der Waals surface area (Å²) in [6, 6.07) is 1.99. The van der Waals surface area contributed by atoms with E-state index < -0.39 is 0 Å². The van der Waals surface area contributed by atoms with Crippen LogP contribution < -0.4 is 9.80 Å². The van der Waals surface area contributed by atoms with E-state index in [0.29, 0.717) is 0 Å². The molecule has 0 unspecified atom stereocenters. The Morgan fingerprint density at radius 3 is 3.00 bits per heavy atom. The zero-order chi connectivity index (χ0) is 12.4. The number of carbonyl (C=O) groups is 1. The van der Waals surface area contributed by atoms with Gasteiger partial charge >= 0.3 is 0 Å². The Labute approximate surface area is 102 Å². The molecule has 17 heavy (non-hydrogen) atoms. The van der Waals surface area contributed by atoms with E-state index in [1.165, 1.54) is 11.6 Å². The average Bonchev–Trinajstić information content (AvgIpc) is 2.36. The molecular formula is C13H17N3O. The maximum Gasteiger partial charge on any atom is 0.250 e. The van der Waals surface area contributed by atoms with Crippen molar-refractivity contribution in [1.82, 2.24) is 4.98 Å². The highest BCUT2D eigenvalue weighted by Crippen LogP contribution is 2.34. The third kappa shape index (κ3) is 2.02. The molecule has 0 bridgehead atoms. The monoisotopic (exact) mass is 231 g/mol. The Bertz CT molecular complexity index is 454. The van der Waals surface area contributed by atoms with E-state index in [2.05, 4.69) is 11.6 Å². The number of anilines is 2. The van der Waals surface area contributed by atoms with E-state index in [9.17, 15) is 4.79 Å². The van der Waals surface area contributed by atoms with Crippen molar-refractivity contribution in [1.29, 1.82) is 0 Å². The van der Waals surface area contributed by atoms with Crippen LogP contribution >= 0.6 is 0 Å². The smallest absolute Gasteiger partial charge is 0.250 e. The van der Waals surface area contributed by atoms with Crippen LogP contribution in [0.5, 0.6) is 0 Å². The van der Waals surface area contributed by atoms with E-state index in [0.717, 1.165) is 30.9 Å². The van der Waals surface area contributed by atoms with Crippen LogP contribution in [0.3, 0.4) is 0 Å². The summed E-state index contributed by atoms with van der Waals surface area (Å²) in [7, 11) is 3.88. The minimum Gasteiger partial charge on any atom is -0.361 e. The topological polar surface area (TPSA) is 36.4 Å². The number of aromatic nitrogens is 1. The van der Waals surface area contributed by atoms with Crippen molar-refractivity contribution in [3.8, 4) is 0 Å². The number of aryl methyl sites for hydroxylation is 1. The van der Waals surface area contributed by atoms with Crippen molar-refractivity contribution >= 4 is 17.4 Å². The molecule has 1 aliphatic heterocycles. The van der Waals surface area contributed by atoms with Gasteiger partial charge in [0.05, 0.1) is 5.69 Å². The van der Waals surface area contributed by atoms with E-state index in [4.69, 9.17) is 0 Å². The Hall–Kier alpha value is -1.84. The highest BCUT2D eigenvalue weighted by molar-refractivity contribution is 6.03. The summed E-state index contributed by atoms with van der Waals surface area (Å²) in [6.07, 6.45) is 5.15. The zero-order valence-electron chi connectivity index (χ0n) is 10.3. The largest absolute Gasteiger partial charge is 0.361 e. The van der Waals surface area contributed by atoms with Crippen molar-refractivity contribution in [2.24, 2.45) is 0 Å². The summed E-state index contributed by atoms with van der Waals surface area (Å²) in [4.78, 5) is 19.9. The standard InChI is InChI=1S/C13H17N3O/c1-4-11(17)16-9-5-6-10-7-8-14-13(12(10)16)15(2)3/h4,7-8H,1,5-6,9H2,2-3H3. The predicted molar refractivity (Wildman–Crippen MR) is 69.4 cm³/mol. The fourth-order valence-electron chi connectivity index (χ4n) is 2.17. The van der Waals surface area contributed by atoms with Gasteiger partial charge in [0.15, 0.2) is 5.82 Å². The summed E-state index contributed by atoms with van der Waals surface area (Å²) in [5.74, 6) is 0.791. The molecule has 0 aliphatic carbocycles. The molecule has 0 saturated heterocycles. The van der Waals surface area contributed by atoms with Gasteiger partial charge in [-0.15, -0.1) is 0 Å². The highest BCUT2D eigenvalue weighted by atomic mass is 16.2. The number of carbonyl (C=O) groups excluding carboxylic acids is 1. The quantitative estimate of drug-likeness (QED) is 0.726. The summed E-state index contributed by atoms with van der Waals surface area (Å²) in [5.41, 5.74) is 2.12. The normalized spacial score (nSPS) is 14.1. The van der Waals surface area contributed by atoms with Gasteiger partial charge in [-0.25, -0.2) is 4.98 Å². The number of amides is 1. The van der Waals surface area contributed by atoms with Gasteiger partial charge in [-0.05, 0) is 30.5 Å². The molecule has 90 valence electrons. The van der Waals surface area contributed by atoms with Crippen molar-refractivity contribution in [2.45, 2.75) is 12.8 Å². The average molecular weight is 231 g/mol. The molecule has 4 heteroatoms. The molecule has 0 fully saturated rings. The number of nitrogens with zero attached hydrogens (tertiary/aromatic N) is 3. The van der Waals surface area contributed by atoms with E-state index in [1.54, 1.807) is 11.1 Å². The fraction of sp³-hybridized carbons (Fsp3) is 0.385. The van der Waals surface area contributed by atoms with Gasteiger partial charge in [0.2, 0.25) is 5.91 Å². The summed E-state index contributed by atoms with van der Waals surface area (Å²) < 4.78 is 0. The molecule has 1 amide bonds. The first-order chi connectivity index (χ1) is 8.15. The van der Waals surface area contributed by atoms with Crippen LogP contribution in [0.1, 0.15) is 12.0 Å². The number of fused-ring (bicyclic) bond motifs is 1. The van der Waals surface area contributed by atoms with Crippen LogP contribution in [0, 0.1) is 0 Å².